The first-order valence-corrected chi connectivity index (χ1v) is 4.49. The molecule has 0 unspecified atom stereocenters. The molecule has 0 aromatic carbocycles. The molecule has 0 aliphatic heterocycles. The van der Waals surface area contributed by atoms with Gasteiger partial charge < -0.3 is 10.4 Å². The molecule has 68 valence electrons. The van der Waals surface area contributed by atoms with E-state index in [1.807, 2.05) is 13.8 Å². The van der Waals surface area contributed by atoms with Crippen LogP contribution in [-0.4, -0.2) is 23.8 Å². The van der Waals surface area contributed by atoms with Crippen molar-refractivity contribution >= 4 is 0 Å². The molecule has 0 rings (SSSR count). The van der Waals surface area contributed by atoms with E-state index in [0.29, 0.717) is 0 Å². The van der Waals surface area contributed by atoms with Crippen LogP contribution < -0.4 is 5.32 Å². The SMILES string of the molecule is CCCCNCCC(C)(C)O. The molecule has 0 heterocycles. The number of hydrogen-bond acceptors (Lipinski definition) is 2. The summed E-state index contributed by atoms with van der Waals surface area (Å²) in [6.07, 6.45) is 3.29. The summed E-state index contributed by atoms with van der Waals surface area (Å²) in [4.78, 5) is 0. The largest absolute Gasteiger partial charge is 0.390 e. The van der Waals surface area contributed by atoms with E-state index in [1.54, 1.807) is 0 Å². The zero-order chi connectivity index (χ0) is 8.74. The van der Waals surface area contributed by atoms with Crippen LogP contribution in [0.1, 0.15) is 40.0 Å². The summed E-state index contributed by atoms with van der Waals surface area (Å²) in [6.45, 7) is 7.86. The van der Waals surface area contributed by atoms with Crippen LogP contribution in [-0.2, 0) is 0 Å². The van der Waals surface area contributed by atoms with Gasteiger partial charge in [0.25, 0.3) is 0 Å². The van der Waals surface area contributed by atoms with Gasteiger partial charge in [-0.3, -0.25) is 0 Å². The monoisotopic (exact) mass is 159 g/mol. The Morgan fingerprint density at radius 3 is 2.36 bits per heavy atom. The first-order chi connectivity index (χ1) is 5.06. The highest BCUT2D eigenvalue weighted by molar-refractivity contribution is 4.65. The molecule has 0 aromatic rings. The molecule has 0 amide bonds. The highest BCUT2D eigenvalue weighted by Gasteiger charge is 2.10. The predicted octanol–water partition coefficient (Wildman–Crippen LogP) is 1.54. The van der Waals surface area contributed by atoms with Gasteiger partial charge in [0.1, 0.15) is 0 Å². The average Bonchev–Trinajstić information content (AvgIpc) is 1.85. The highest BCUT2D eigenvalue weighted by atomic mass is 16.3. The molecular formula is C9H21NO. The van der Waals surface area contributed by atoms with E-state index in [2.05, 4.69) is 12.2 Å². The van der Waals surface area contributed by atoms with Gasteiger partial charge in [-0.2, -0.15) is 0 Å². The van der Waals surface area contributed by atoms with E-state index in [9.17, 15) is 5.11 Å². The van der Waals surface area contributed by atoms with Gasteiger partial charge >= 0.3 is 0 Å². The van der Waals surface area contributed by atoms with E-state index in [1.165, 1.54) is 12.8 Å². The second-order valence-corrected chi connectivity index (χ2v) is 3.67. The minimum absolute atomic E-state index is 0.515. The van der Waals surface area contributed by atoms with Crippen molar-refractivity contribution in [2.24, 2.45) is 0 Å². The third kappa shape index (κ3) is 9.92. The maximum Gasteiger partial charge on any atom is 0.0603 e. The minimum Gasteiger partial charge on any atom is -0.390 e. The lowest BCUT2D eigenvalue weighted by atomic mass is 10.1. The normalized spacial score (nSPS) is 12.0. The van der Waals surface area contributed by atoms with Crippen molar-refractivity contribution in [2.45, 2.75) is 45.6 Å². The second kappa shape index (κ2) is 5.56. The fraction of sp³-hybridized carbons (Fsp3) is 1.00. The van der Waals surface area contributed by atoms with Crippen LogP contribution >= 0.6 is 0 Å². The van der Waals surface area contributed by atoms with Gasteiger partial charge in [-0.25, -0.2) is 0 Å². The number of aliphatic hydroxyl groups is 1. The Labute approximate surface area is 70.0 Å². The molecular weight excluding hydrogens is 138 g/mol. The van der Waals surface area contributed by atoms with Gasteiger partial charge in [0.05, 0.1) is 5.60 Å². The molecule has 0 fully saturated rings. The lowest BCUT2D eigenvalue weighted by Crippen LogP contribution is -2.27. The second-order valence-electron chi connectivity index (χ2n) is 3.67. The number of unbranched alkanes of at least 4 members (excludes halogenated alkanes) is 1. The van der Waals surface area contributed by atoms with Crippen molar-refractivity contribution in [3.8, 4) is 0 Å². The summed E-state index contributed by atoms with van der Waals surface area (Å²) in [5.41, 5.74) is -0.515. The van der Waals surface area contributed by atoms with E-state index in [4.69, 9.17) is 0 Å². The summed E-state index contributed by atoms with van der Waals surface area (Å²) < 4.78 is 0. The first-order valence-electron chi connectivity index (χ1n) is 4.49. The average molecular weight is 159 g/mol. The number of nitrogens with one attached hydrogen (secondary N) is 1. The van der Waals surface area contributed by atoms with Gasteiger partial charge in [0.15, 0.2) is 0 Å². The smallest absolute Gasteiger partial charge is 0.0603 e. The van der Waals surface area contributed by atoms with Crippen LogP contribution in [0.5, 0.6) is 0 Å². The van der Waals surface area contributed by atoms with Gasteiger partial charge in [-0.15, -0.1) is 0 Å². The molecule has 11 heavy (non-hydrogen) atoms. The lowest BCUT2D eigenvalue weighted by Gasteiger charge is -2.16. The predicted molar refractivity (Wildman–Crippen MR) is 48.7 cm³/mol. The van der Waals surface area contributed by atoms with Crippen molar-refractivity contribution in [1.82, 2.24) is 5.32 Å². The van der Waals surface area contributed by atoms with Crippen molar-refractivity contribution < 1.29 is 5.11 Å². The fourth-order valence-corrected chi connectivity index (χ4v) is 0.821. The third-order valence-electron chi connectivity index (χ3n) is 1.62. The molecule has 2 N–H and O–H groups in total. The standard InChI is InChI=1S/C9H21NO/c1-4-5-7-10-8-6-9(2,3)11/h10-11H,4-8H2,1-3H3. The topological polar surface area (TPSA) is 32.3 Å². The van der Waals surface area contributed by atoms with Crippen LogP contribution in [0.3, 0.4) is 0 Å². The van der Waals surface area contributed by atoms with Crippen molar-refractivity contribution in [2.75, 3.05) is 13.1 Å². The van der Waals surface area contributed by atoms with Crippen molar-refractivity contribution in [3.63, 3.8) is 0 Å². The van der Waals surface area contributed by atoms with E-state index < -0.39 is 5.60 Å². The Morgan fingerprint density at radius 2 is 1.91 bits per heavy atom. The van der Waals surface area contributed by atoms with Crippen molar-refractivity contribution in [3.05, 3.63) is 0 Å². The highest BCUT2D eigenvalue weighted by Crippen LogP contribution is 2.04. The van der Waals surface area contributed by atoms with Crippen LogP contribution in [0, 0.1) is 0 Å². The molecule has 0 atom stereocenters. The summed E-state index contributed by atoms with van der Waals surface area (Å²) in [5, 5.41) is 12.6. The molecule has 0 radical (unpaired) electrons. The maximum absolute atomic E-state index is 9.33. The van der Waals surface area contributed by atoms with E-state index in [0.717, 1.165) is 19.5 Å². The Balaban J connectivity index is 3.02. The lowest BCUT2D eigenvalue weighted by molar-refractivity contribution is 0.0712. The summed E-state index contributed by atoms with van der Waals surface area (Å²) in [7, 11) is 0. The summed E-state index contributed by atoms with van der Waals surface area (Å²) >= 11 is 0. The molecule has 0 saturated carbocycles. The Hall–Kier alpha value is -0.0800. The molecule has 0 saturated heterocycles. The third-order valence-corrected chi connectivity index (χ3v) is 1.62. The van der Waals surface area contributed by atoms with E-state index >= 15 is 0 Å². The molecule has 0 aromatic heterocycles. The first kappa shape index (κ1) is 10.9. The summed E-state index contributed by atoms with van der Waals surface area (Å²) in [6, 6.07) is 0. The van der Waals surface area contributed by atoms with Gasteiger partial charge in [0, 0.05) is 0 Å². The molecule has 0 bridgehead atoms. The Kier molecular flexibility index (Phi) is 5.51. The fourth-order valence-electron chi connectivity index (χ4n) is 0.821. The zero-order valence-electron chi connectivity index (χ0n) is 7.98. The van der Waals surface area contributed by atoms with Crippen molar-refractivity contribution in [1.29, 1.82) is 0 Å². The number of rotatable bonds is 6. The van der Waals surface area contributed by atoms with Crippen LogP contribution in [0.4, 0.5) is 0 Å². The Morgan fingerprint density at radius 1 is 1.27 bits per heavy atom. The molecule has 2 heteroatoms. The molecule has 0 spiro atoms. The number of hydrogen-bond donors (Lipinski definition) is 2. The molecule has 0 aliphatic carbocycles. The van der Waals surface area contributed by atoms with Gasteiger partial charge in [-0.05, 0) is 39.8 Å². The van der Waals surface area contributed by atoms with Gasteiger partial charge in [-0.1, -0.05) is 13.3 Å². The Bertz CT molecular complexity index is 86.1. The summed E-state index contributed by atoms with van der Waals surface area (Å²) in [5.74, 6) is 0. The quantitative estimate of drug-likeness (QED) is 0.576. The van der Waals surface area contributed by atoms with Gasteiger partial charge in [0.2, 0.25) is 0 Å². The zero-order valence-corrected chi connectivity index (χ0v) is 7.98. The van der Waals surface area contributed by atoms with Crippen LogP contribution in [0.15, 0.2) is 0 Å². The maximum atomic E-state index is 9.33. The van der Waals surface area contributed by atoms with Crippen LogP contribution in [0.2, 0.25) is 0 Å². The molecule has 2 nitrogen and oxygen atoms in total. The van der Waals surface area contributed by atoms with Crippen LogP contribution in [0.25, 0.3) is 0 Å². The minimum atomic E-state index is -0.515. The molecule has 0 aliphatic rings. The van der Waals surface area contributed by atoms with E-state index in [-0.39, 0.29) is 0 Å².